The van der Waals surface area contributed by atoms with Crippen LogP contribution in [0.25, 0.3) is 0 Å². The Bertz CT molecular complexity index is 1150. The lowest BCUT2D eigenvalue weighted by Crippen LogP contribution is -2.50. The molecular weight excluding hydrogens is 488 g/mol. The summed E-state index contributed by atoms with van der Waals surface area (Å²) in [5, 5.41) is 3.31. The van der Waals surface area contributed by atoms with Gasteiger partial charge in [-0.15, -0.1) is 0 Å². The van der Waals surface area contributed by atoms with Crippen LogP contribution in [-0.4, -0.2) is 34.8 Å². The number of amides is 2. The molecule has 1 heterocycles. The lowest BCUT2D eigenvalue weighted by molar-refractivity contribution is -0.130. The van der Waals surface area contributed by atoms with Gasteiger partial charge >= 0.3 is 0 Å². The van der Waals surface area contributed by atoms with Crippen LogP contribution in [-0.2, 0) is 11.3 Å². The number of nitrogens with two attached hydrogens (primary N) is 1. The number of hydrogen-bond donors (Lipinski definition) is 2. The average Bonchev–Trinajstić information content (AvgIpc) is 2.96. The maximum Gasteiger partial charge on any atom is 0.251 e. The van der Waals surface area contributed by atoms with Gasteiger partial charge < -0.3 is 15.8 Å². The predicted octanol–water partition coefficient (Wildman–Crippen LogP) is 6.13. The molecule has 3 N–H and O–H groups in total. The Labute approximate surface area is 233 Å². The summed E-state index contributed by atoms with van der Waals surface area (Å²) in [7, 11) is 0. The van der Waals surface area contributed by atoms with Crippen molar-refractivity contribution in [1.82, 2.24) is 10.2 Å². The summed E-state index contributed by atoms with van der Waals surface area (Å²) < 4.78 is 5.87. The zero-order valence-electron chi connectivity index (χ0n) is 23.7. The van der Waals surface area contributed by atoms with Gasteiger partial charge in [0.15, 0.2) is 5.96 Å². The number of benzene rings is 2. The molecule has 1 unspecified atom stereocenters. The highest BCUT2D eigenvalue weighted by atomic mass is 16.5. The second kappa shape index (κ2) is 13.1. The number of ether oxygens (including phenoxy) is 1. The fraction of sp³-hybridized carbons (Fsp3) is 0.531. The fourth-order valence-electron chi connectivity index (χ4n) is 5.95. The van der Waals surface area contributed by atoms with Gasteiger partial charge in [0.1, 0.15) is 5.75 Å². The number of carbonyl (C=O) groups excluding carboxylic acids is 2. The first-order chi connectivity index (χ1) is 18.9. The third-order valence-corrected chi connectivity index (χ3v) is 8.48. The molecule has 0 radical (unpaired) electrons. The first kappa shape index (κ1) is 28.7. The lowest BCUT2D eigenvalue weighted by Gasteiger charge is -2.36. The van der Waals surface area contributed by atoms with Gasteiger partial charge in [0.2, 0.25) is 5.91 Å². The number of rotatable bonds is 11. The molecule has 7 heteroatoms. The molecule has 1 aliphatic heterocycles. The van der Waals surface area contributed by atoms with Gasteiger partial charge in [-0.05, 0) is 55.9 Å². The molecule has 39 heavy (non-hydrogen) atoms. The normalized spacial score (nSPS) is 18.4. The van der Waals surface area contributed by atoms with Crippen molar-refractivity contribution in [3.8, 4) is 5.75 Å². The number of nitrogens with zero attached hydrogens (tertiary/aromatic N) is 2. The lowest BCUT2D eigenvalue weighted by atomic mass is 9.83. The number of guanidine groups is 1. The fourth-order valence-corrected chi connectivity index (χ4v) is 5.95. The maximum atomic E-state index is 13.6. The summed E-state index contributed by atoms with van der Waals surface area (Å²) in [5.74, 6) is 1.29. The van der Waals surface area contributed by atoms with Crippen molar-refractivity contribution < 1.29 is 14.3 Å². The van der Waals surface area contributed by atoms with Gasteiger partial charge in [-0.1, -0.05) is 76.3 Å². The Morgan fingerprint density at radius 2 is 1.82 bits per heavy atom. The first-order valence-electron chi connectivity index (χ1n) is 14.6. The minimum absolute atomic E-state index is 0.0554. The van der Waals surface area contributed by atoms with E-state index < -0.39 is 5.54 Å². The first-order valence-corrected chi connectivity index (χ1v) is 14.6. The van der Waals surface area contributed by atoms with Crippen molar-refractivity contribution in [1.29, 1.82) is 0 Å². The van der Waals surface area contributed by atoms with E-state index in [4.69, 9.17) is 15.5 Å². The molecule has 2 aliphatic rings. The van der Waals surface area contributed by atoms with Gasteiger partial charge in [-0.3, -0.25) is 14.5 Å². The molecule has 2 aromatic rings. The van der Waals surface area contributed by atoms with E-state index in [1.165, 1.54) is 37.0 Å². The van der Waals surface area contributed by atoms with E-state index >= 15 is 0 Å². The molecule has 1 saturated carbocycles. The van der Waals surface area contributed by atoms with Crippen LogP contribution in [0.5, 0.6) is 5.75 Å². The smallest absolute Gasteiger partial charge is 0.251 e. The Hall–Kier alpha value is -3.35. The van der Waals surface area contributed by atoms with Crippen molar-refractivity contribution in [2.45, 2.75) is 96.7 Å². The molecule has 0 spiro atoms. The van der Waals surface area contributed by atoms with Crippen molar-refractivity contribution in [2.24, 2.45) is 16.6 Å². The third-order valence-electron chi connectivity index (χ3n) is 8.48. The van der Waals surface area contributed by atoms with Crippen molar-refractivity contribution >= 4 is 17.8 Å². The molecule has 210 valence electrons. The van der Waals surface area contributed by atoms with E-state index in [0.29, 0.717) is 30.3 Å². The van der Waals surface area contributed by atoms with Gasteiger partial charge in [0, 0.05) is 11.1 Å². The van der Waals surface area contributed by atoms with E-state index in [9.17, 15) is 9.59 Å². The highest BCUT2D eigenvalue weighted by Crippen LogP contribution is 2.33. The largest absolute Gasteiger partial charge is 0.494 e. The number of aliphatic imine (C=N–C) groups is 1. The minimum atomic E-state index is -0.438. The predicted molar refractivity (Wildman–Crippen MR) is 156 cm³/mol. The van der Waals surface area contributed by atoms with Crippen LogP contribution in [0.4, 0.5) is 0 Å². The van der Waals surface area contributed by atoms with Crippen molar-refractivity contribution in [3.05, 3.63) is 65.2 Å². The van der Waals surface area contributed by atoms with E-state index in [0.717, 1.165) is 30.4 Å². The van der Waals surface area contributed by atoms with Gasteiger partial charge in [0.05, 0.1) is 31.2 Å². The summed E-state index contributed by atoms with van der Waals surface area (Å²) in [5.41, 5.74) is 8.28. The average molecular weight is 533 g/mol. The molecule has 2 amide bonds. The highest BCUT2D eigenvalue weighted by molar-refractivity contribution is 5.99. The van der Waals surface area contributed by atoms with Crippen LogP contribution < -0.4 is 15.8 Å². The molecule has 0 bridgehead atoms. The van der Waals surface area contributed by atoms with Gasteiger partial charge in [-0.25, -0.2) is 4.99 Å². The minimum Gasteiger partial charge on any atom is -0.494 e. The molecule has 7 nitrogen and oxygen atoms in total. The molecule has 2 aromatic carbocycles. The molecule has 1 aliphatic carbocycles. The summed E-state index contributed by atoms with van der Waals surface area (Å²) in [6.07, 6.45) is 9.05. The zero-order chi connectivity index (χ0) is 27.8. The molecular formula is C32H44N4O3. The SMILES string of the molecule is CCOc1ccc(C(=O)NC(CC2CCCCC2)c2ccccc2)cc1CN1C(=O)CC(CC)(CC)N=C1N. The number of nitrogens with one attached hydrogen (secondary N) is 1. The second-order valence-corrected chi connectivity index (χ2v) is 11.0. The maximum absolute atomic E-state index is 13.6. The van der Waals surface area contributed by atoms with Crippen LogP contribution >= 0.6 is 0 Å². The number of carbonyl (C=O) groups is 2. The Balaban J connectivity index is 1.57. The van der Waals surface area contributed by atoms with E-state index in [1.807, 2.05) is 51.1 Å². The van der Waals surface area contributed by atoms with Crippen LogP contribution in [0.15, 0.2) is 53.5 Å². The van der Waals surface area contributed by atoms with Gasteiger partial charge in [-0.2, -0.15) is 0 Å². The summed E-state index contributed by atoms with van der Waals surface area (Å²) >= 11 is 0. The Morgan fingerprint density at radius 1 is 1.10 bits per heavy atom. The summed E-state index contributed by atoms with van der Waals surface area (Å²) in [4.78, 5) is 33.0. The topological polar surface area (TPSA) is 97.0 Å². The Kier molecular flexibility index (Phi) is 9.65. The molecule has 1 fully saturated rings. The molecule has 1 atom stereocenters. The molecule has 4 rings (SSSR count). The molecule has 0 aromatic heterocycles. The van der Waals surface area contributed by atoms with E-state index in [-0.39, 0.29) is 30.4 Å². The Morgan fingerprint density at radius 3 is 2.46 bits per heavy atom. The standard InChI is InChI=1S/C32H44N4O3/c1-4-32(5-2)21-29(37)36(31(33)35-32)22-26-20-25(17-18-28(26)39-6-3)30(38)34-27(24-15-11-8-12-16-24)19-23-13-9-7-10-14-23/h8,11-12,15-18,20,23,27H,4-7,9-10,13-14,19,21-22H2,1-3H3,(H2,33,35)(H,34,38). The van der Waals surface area contributed by atoms with Crippen LogP contribution in [0.3, 0.4) is 0 Å². The van der Waals surface area contributed by atoms with E-state index in [2.05, 4.69) is 17.4 Å². The third kappa shape index (κ3) is 7.00. The number of hydrogen-bond acceptors (Lipinski definition) is 5. The quantitative estimate of drug-likeness (QED) is 0.364. The second-order valence-electron chi connectivity index (χ2n) is 11.0. The monoisotopic (exact) mass is 532 g/mol. The van der Waals surface area contributed by atoms with Crippen molar-refractivity contribution in [3.63, 3.8) is 0 Å². The summed E-state index contributed by atoms with van der Waals surface area (Å²) in [6, 6.07) is 15.6. The van der Waals surface area contributed by atoms with Crippen molar-refractivity contribution in [2.75, 3.05) is 6.61 Å². The van der Waals surface area contributed by atoms with Crippen LogP contribution in [0.1, 0.15) is 106 Å². The molecule has 0 saturated heterocycles. The highest BCUT2D eigenvalue weighted by Gasteiger charge is 2.37. The van der Waals surface area contributed by atoms with Crippen LogP contribution in [0.2, 0.25) is 0 Å². The van der Waals surface area contributed by atoms with Crippen LogP contribution in [0, 0.1) is 5.92 Å². The summed E-state index contributed by atoms with van der Waals surface area (Å²) in [6.45, 7) is 6.67. The van der Waals surface area contributed by atoms with E-state index in [1.54, 1.807) is 6.07 Å². The van der Waals surface area contributed by atoms with Gasteiger partial charge in [0.25, 0.3) is 5.91 Å². The zero-order valence-corrected chi connectivity index (χ0v) is 23.7.